The number of amides is 2. The first kappa shape index (κ1) is 17.6. The van der Waals surface area contributed by atoms with Crippen LogP contribution in [0.2, 0.25) is 0 Å². The van der Waals surface area contributed by atoms with Crippen LogP contribution in [0.15, 0.2) is 40.6 Å². The van der Waals surface area contributed by atoms with Gasteiger partial charge in [0.2, 0.25) is 5.89 Å². The van der Waals surface area contributed by atoms with E-state index in [0.717, 1.165) is 35.4 Å². The van der Waals surface area contributed by atoms with Crippen molar-refractivity contribution in [3.8, 4) is 5.75 Å². The molecule has 2 aromatic rings. The van der Waals surface area contributed by atoms with E-state index < -0.39 is 6.04 Å². The molecule has 1 aromatic heterocycles. The van der Waals surface area contributed by atoms with E-state index in [0.29, 0.717) is 18.2 Å². The maximum Gasteiger partial charge on any atom is 0.319 e. The molecule has 1 aromatic carbocycles. The molecule has 0 spiro atoms. The van der Waals surface area contributed by atoms with Crippen LogP contribution in [-0.2, 0) is 0 Å². The number of aromatic hydroxyl groups is 1. The van der Waals surface area contributed by atoms with Gasteiger partial charge in [0, 0.05) is 11.6 Å². The van der Waals surface area contributed by atoms with Gasteiger partial charge in [-0.3, -0.25) is 0 Å². The Morgan fingerprint density at radius 3 is 2.81 bits per heavy atom. The number of hydrogen-bond donors (Lipinski definition) is 3. The molecular formula is C21H25N3O3. The van der Waals surface area contributed by atoms with Gasteiger partial charge >= 0.3 is 6.03 Å². The topological polar surface area (TPSA) is 87.4 Å². The predicted molar refractivity (Wildman–Crippen MR) is 102 cm³/mol. The zero-order valence-corrected chi connectivity index (χ0v) is 15.5. The van der Waals surface area contributed by atoms with E-state index in [1.807, 2.05) is 19.2 Å². The molecule has 3 N–H and O–H groups in total. The van der Waals surface area contributed by atoms with Crippen molar-refractivity contribution in [3.63, 3.8) is 0 Å². The van der Waals surface area contributed by atoms with Crippen LogP contribution in [0.4, 0.5) is 4.79 Å². The van der Waals surface area contributed by atoms with Crippen molar-refractivity contribution < 1.29 is 14.3 Å². The number of hydrogen-bond acceptors (Lipinski definition) is 4. The van der Waals surface area contributed by atoms with Gasteiger partial charge in [-0.05, 0) is 37.0 Å². The van der Waals surface area contributed by atoms with Crippen molar-refractivity contribution in [3.05, 3.63) is 53.4 Å². The number of carbonyl (C=O) groups excluding carboxylic acids is 1. The zero-order valence-electron chi connectivity index (χ0n) is 15.5. The predicted octanol–water partition coefficient (Wildman–Crippen LogP) is 4.60. The van der Waals surface area contributed by atoms with Crippen molar-refractivity contribution in [2.45, 2.75) is 57.4 Å². The zero-order chi connectivity index (χ0) is 18.8. The van der Waals surface area contributed by atoms with Gasteiger partial charge in [0.05, 0.1) is 17.8 Å². The number of aromatic nitrogens is 1. The number of nitrogens with zero attached hydrogens (tertiary/aromatic N) is 1. The number of rotatable bonds is 4. The van der Waals surface area contributed by atoms with Gasteiger partial charge in [0.15, 0.2) is 0 Å². The van der Waals surface area contributed by atoms with Gasteiger partial charge < -0.3 is 20.2 Å². The number of allylic oxidation sites excluding steroid dienone is 1. The normalized spacial score (nSPS) is 21.1. The third kappa shape index (κ3) is 3.56. The molecule has 1 saturated carbocycles. The molecule has 0 saturated heterocycles. The van der Waals surface area contributed by atoms with Gasteiger partial charge in [-0.2, -0.15) is 0 Å². The minimum atomic E-state index is -0.418. The molecule has 1 atom stereocenters. The molecule has 1 aliphatic heterocycles. The molecule has 6 nitrogen and oxygen atoms in total. The Bertz CT molecular complexity index is 865. The summed E-state index contributed by atoms with van der Waals surface area (Å²) in [5.74, 6) is 2.05. The highest BCUT2D eigenvalue weighted by molar-refractivity contribution is 5.86. The average molecular weight is 367 g/mol. The van der Waals surface area contributed by atoms with Crippen LogP contribution < -0.4 is 10.6 Å². The molecule has 1 unspecified atom stereocenters. The summed E-state index contributed by atoms with van der Waals surface area (Å²) in [5.41, 5.74) is 2.41. The van der Waals surface area contributed by atoms with Gasteiger partial charge in [0.1, 0.15) is 11.5 Å². The summed E-state index contributed by atoms with van der Waals surface area (Å²) in [6, 6.07) is 6.25. The molecule has 2 aliphatic rings. The fourth-order valence-electron chi connectivity index (χ4n) is 4.09. The van der Waals surface area contributed by atoms with Crippen LogP contribution >= 0.6 is 0 Å². The number of urea groups is 1. The lowest BCUT2D eigenvalue weighted by Gasteiger charge is -2.29. The Hall–Kier alpha value is -2.76. The Balaban J connectivity index is 1.74. The summed E-state index contributed by atoms with van der Waals surface area (Å²) >= 11 is 0. The third-order valence-corrected chi connectivity index (χ3v) is 5.47. The second-order valence-corrected chi connectivity index (χ2v) is 7.27. The van der Waals surface area contributed by atoms with E-state index >= 15 is 0 Å². The quantitative estimate of drug-likeness (QED) is 0.737. The number of phenols is 1. The number of nitrogens with one attached hydrogen (secondary N) is 2. The maximum atomic E-state index is 12.2. The summed E-state index contributed by atoms with van der Waals surface area (Å²) in [6.07, 6.45) is 8.51. The van der Waals surface area contributed by atoms with E-state index in [-0.39, 0.29) is 11.8 Å². The molecule has 4 rings (SSSR count). The lowest BCUT2D eigenvalue weighted by Crippen LogP contribution is -2.43. The number of phenolic OH excluding ortho intramolecular Hbond substituents is 1. The van der Waals surface area contributed by atoms with Crippen molar-refractivity contribution in [2.24, 2.45) is 0 Å². The van der Waals surface area contributed by atoms with Gasteiger partial charge in [-0.25, -0.2) is 9.78 Å². The van der Waals surface area contributed by atoms with E-state index in [4.69, 9.17) is 4.42 Å². The summed E-state index contributed by atoms with van der Waals surface area (Å²) in [6.45, 7) is 1.99. The second-order valence-electron chi connectivity index (χ2n) is 7.27. The summed E-state index contributed by atoms with van der Waals surface area (Å²) < 4.78 is 6.19. The average Bonchev–Trinajstić information content (AvgIpc) is 3.17. The molecule has 0 bridgehead atoms. The number of oxazole rings is 1. The molecule has 1 aliphatic carbocycles. The third-order valence-electron chi connectivity index (χ3n) is 5.47. The highest BCUT2D eigenvalue weighted by Crippen LogP contribution is 2.38. The molecule has 2 amide bonds. The van der Waals surface area contributed by atoms with Crippen molar-refractivity contribution in [1.29, 1.82) is 0 Å². The van der Waals surface area contributed by atoms with E-state index in [1.165, 1.54) is 19.3 Å². The lowest BCUT2D eigenvalue weighted by atomic mass is 9.88. The Labute approximate surface area is 158 Å². The molecule has 27 heavy (non-hydrogen) atoms. The standard InChI is InChI=1S/C21H25N3O3/c1-2-16-18(20-22-12-17(27-20)13-7-4-3-5-8-13)19(24-21(26)23-16)14-9-6-10-15(25)11-14/h6,9-13,19,25H,2-5,7-8H2,1H3,(H2,23,24,26). The Morgan fingerprint density at radius 1 is 1.26 bits per heavy atom. The van der Waals surface area contributed by atoms with Gasteiger partial charge in [0.25, 0.3) is 0 Å². The summed E-state index contributed by atoms with van der Waals surface area (Å²) in [7, 11) is 0. The molecule has 2 heterocycles. The van der Waals surface area contributed by atoms with Gasteiger partial charge in [-0.1, -0.05) is 38.3 Å². The second kappa shape index (κ2) is 7.47. The Kier molecular flexibility index (Phi) is 4.88. The highest BCUT2D eigenvalue weighted by Gasteiger charge is 2.32. The van der Waals surface area contributed by atoms with Crippen LogP contribution in [-0.4, -0.2) is 16.1 Å². The summed E-state index contributed by atoms with van der Waals surface area (Å²) in [5, 5.41) is 15.7. The smallest absolute Gasteiger partial charge is 0.319 e. The minimum absolute atomic E-state index is 0.160. The lowest BCUT2D eigenvalue weighted by molar-refractivity contribution is 0.239. The first-order valence-electron chi connectivity index (χ1n) is 9.71. The largest absolute Gasteiger partial charge is 0.508 e. The fourth-order valence-corrected chi connectivity index (χ4v) is 4.09. The van der Waals surface area contributed by atoms with Crippen LogP contribution in [0.1, 0.15) is 74.6 Å². The number of benzene rings is 1. The molecule has 6 heteroatoms. The van der Waals surface area contributed by atoms with E-state index in [1.54, 1.807) is 18.2 Å². The minimum Gasteiger partial charge on any atom is -0.508 e. The van der Waals surface area contributed by atoms with Crippen LogP contribution in [0.25, 0.3) is 5.57 Å². The van der Waals surface area contributed by atoms with E-state index in [2.05, 4.69) is 15.6 Å². The van der Waals surface area contributed by atoms with E-state index in [9.17, 15) is 9.90 Å². The SMILES string of the molecule is CCC1=C(c2ncc(C3CCCCC3)o2)C(c2cccc(O)c2)NC(=O)N1. The highest BCUT2D eigenvalue weighted by atomic mass is 16.4. The van der Waals surface area contributed by atoms with Crippen LogP contribution in [0.5, 0.6) is 5.75 Å². The number of carbonyl (C=O) groups is 1. The van der Waals surface area contributed by atoms with Crippen LogP contribution in [0.3, 0.4) is 0 Å². The van der Waals surface area contributed by atoms with Crippen molar-refractivity contribution in [1.82, 2.24) is 15.6 Å². The fraction of sp³-hybridized carbons (Fsp3) is 0.429. The molecule has 142 valence electrons. The van der Waals surface area contributed by atoms with Crippen molar-refractivity contribution in [2.75, 3.05) is 0 Å². The first-order valence-corrected chi connectivity index (χ1v) is 9.71. The van der Waals surface area contributed by atoms with Crippen LogP contribution in [0, 0.1) is 0 Å². The summed E-state index contributed by atoms with van der Waals surface area (Å²) in [4.78, 5) is 16.7. The molecule has 1 fully saturated rings. The first-order chi connectivity index (χ1) is 13.2. The maximum absolute atomic E-state index is 12.2. The van der Waals surface area contributed by atoms with Crippen molar-refractivity contribution >= 4 is 11.6 Å². The molecular weight excluding hydrogens is 342 g/mol. The molecule has 0 radical (unpaired) electrons. The van der Waals surface area contributed by atoms with Gasteiger partial charge in [-0.15, -0.1) is 0 Å². The monoisotopic (exact) mass is 367 g/mol. The Morgan fingerprint density at radius 2 is 2.07 bits per heavy atom.